The Balaban J connectivity index is 1.35. The van der Waals surface area contributed by atoms with E-state index in [0.29, 0.717) is 5.92 Å². The van der Waals surface area contributed by atoms with E-state index >= 15 is 0 Å². The Morgan fingerprint density at radius 3 is 2.69 bits per heavy atom. The number of rotatable bonds is 6. The molecule has 1 saturated heterocycles. The minimum Gasteiger partial charge on any atom is -0.381 e. The van der Waals surface area contributed by atoms with Crippen LogP contribution in [-0.2, 0) is 17.8 Å². The number of benzene rings is 2. The molecule has 3 aromatic rings. The molecule has 1 aromatic heterocycles. The third-order valence-electron chi connectivity index (χ3n) is 4.95. The maximum absolute atomic E-state index is 5.48. The zero-order valence-corrected chi connectivity index (χ0v) is 15.0. The fraction of sp³-hybridized carbons (Fsp3) is 0.318. The highest BCUT2D eigenvalue weighted by Gasteiger charge is 2.15. The van der Waals surface area contributed by atoms with Gasteiger partial charge < -0.3 is 10.1 Å². The van der Waals surface area contributed by atoms with Crippen molar-refractivity contribution in [3.05, 3.63) is 83.7 Å². The lowest BCUT2D eigenvalue weighted by Crippen LogP contribution is -2.14. The summed E-state index contributed by atoms with van der Waals surface area (Å²) in [5.74, 6) is 0.624. The van der Waals surface area contributed by atoms with Crippen LogP contribution in [0.25, 0.3) is 0 Å². The normalized spacial score (nSPS) is 15.1. The van der Waals surface area contributed by atoms with Crippen molar-refractivity contribution in [1.29, 1.82) is 0 Å². The number of nitrogens with one attached hydrogen (secondary N) is 1. The lowest BCUT2D eigenvalue weighted by Gasteiger charge is -2.22. The zero-order valence-electron chi connectivity index (χ0n) is 15.0. The monoisotopic (exact) mass is 347 g/mol. The lowest BCUT2D eigenvalue weighted by atomic mass is 9.91. The summed E-state index contributed by atoms with van der Waals surface area (Å²) in [6.07, 6.45) is 6.30. The van der Waals surface area contributed by atoms with Crippen LogP contribution in [0.4, 0.5) is 5.69 Å². The molecule has 0 radical (unpaired) electrons. The minimum absolute atomic E-state index is 0.624. The smallest absolute Gasteiger partial charge is 0.0659 e. The molecular weight excluding hydrogens is 322 g/mol. The Bertz CT molecular complexity index is 822. The van der Waals surface area contributed by atoms with Crippen LogP contribution in [0.1, 0.15) is 35.4 Å². The van der Waals surface area contributed by atoms with Crippen molar-refractivity contribution >= 4 is 5.69 Å². The standard InChI is InChI=1S/C22H25N3O/c1-2-5-18(6-3-1)16-25-17-19(15-24-25)14-23-22-8-4-7-21(13-22)20-9-11-26-12-10-20/h1-8,13,15,17,20,23H,9-12,14,16H2. The number of aromatic nitrogens is 2. The number of hydrogen-bond acceptors (Lipinski definition) is 3. The van der Waals surface area contributed by atoms with Crippen LogP contribution in [-0.4, -0.2) is 23.0 Å². The molecule has 1 N–H and O–H groups in total. The van der Waals surface area contributed by atoms with Gasteiger partial charge in [0.05, 0.1) is 12.7 Å². The maximum Gasteiger partial charge on any atom is 0.0659 e. The number of hydrogen-bond donors (Lipinski definition) is 1. The highest BCUT2D eigenvalue weighted by molar-refractivity contribution is 5.47. The summed E-state index contributed by atoms with van der Waals surface area (Å²) in [4.78, 5) is 0. The van der Waals surface area contributed by atoms with Crippen LogP contribution < -0.4 is 5.32 Å². The molecule has 134 valence electrons. The van der Waals surface area contributed by atoms with Gasteiger partial charge >= 0.3 is 0 Å². The predicted octanol–water partition coefficient (Wildman–Crippen LogP) is 4.44. The van der Waals surface area contributed by atoms with Crippen LogP contribution >= 0.6 is 0 Å². The summed E-state index contributed by atoms with van der Waals surface area (Å²) >= 11 is 0. The highest BCUT2D eigenvalue weighted by atomic mass is 16.5. The molecule has 0 unspecified atom stereocenters. The van der Waals surface area contributed by atoms with E-state index in [1.54, 1.807) is 0 Å². The van der Waals surface area contributed by atoms with E-state index in [9.17, 15) is 0 Å². The molecule has 2 heterocycles. The Morgan fingerprint density at radius 2 is 1.85 bits per heavy atom. The van der Waals surface area contributed by atoms with Crippen molar-refractivity contribution in [2.45, 2.75) is 31.8 Å². The van der Waals surface area contributed by atoms with E-state index < -0.39 is 0 Å². The fourth-order valence-corrected chi connectivity index (χ4v) is 3.49. The molecule has 4 heteroatoms. The Morgan fingerprint density at radius 1 is 1.00 bits per heavy atom. The van der Waals surface area contributed by atoms with Crippen molar-refractivity contribution in [2.24, 2.45) is 0 Å². The van der Waals surface area contributed by atoms with Gasteiger partial charge in [-0.2, -0.15) is 5.10 Å². The van der Waals surface area contributed by atoms with E-state index in [4.69, 9.17) is 4.74 Å². The van der Waals surface area contributed by atoms with Gasteiger partial charge in [-0.05, 0) is 42.0 Å². The van der Waals surface area contributed by atoms with E-state index in [0.717, 1.165) is 39.1 Å². The SMILES string of the molecule is c1ccc(Cn2cc(CNc3cccc(C4CCOCC4)c3)cn2)cc1. The first-order valence-corrected chi connectivity index (χ1v) is 9.34. The molecule has 1 aliphatic heterocycles. The van der Waals surface area contributed by atoms with Gasteiger partial charge in [-0.3, -0.25) is 4.68 Å². The van der Waals surface area contributed by atoms with Gasteiger partial charge in [-0.15, -0.1) is 0 Å². The average Bonchev–Trinajstić information content (AvgIpc) is 3.15. The lowest BCUT2D eigenvalue weighted by molar-refractivity contribution is 0.0853. The van der Waals surface area contributed by atoms with Gasteiger partial charge in [0, 0.05) is 37.2 Å². The molecule has 4 rings (SSSR count). The third kappa shape index (κ3) is 4.33. The van der Waals surface area contributed by atoms with Gasteiger partial charge in [-0.1, -0.05) is 42.5 Å². The largest absolute Gasteiger partial charge is 0.381 e. The minimum atomic E-state index is 0.624. The van der Waals surface area contributed by atoms with Gasteiger partial charge in [0.1, 0.15) is 0 Å². The summed E-state index contributed by atoms with van der Waals surface area (Å²) in [7, 11) is 0. The second-order valence-corrected chi connectivity index (χ2v) is 6.90. The molecule has 0 aliphatic carbocycles. The van der Waals surface area contributed by atoms with Crippen molar-refractivity contribution in [1.82, 2.24) is 9.78 Å². The van der Waals surface area contributed by atoms with Crippen molar-refractivity contribution < 1.29 is 4.74 Å². The molecule has 0 atom stereocenters. The van der Waals surface area contributed by atoms with Crippen molar-refractivity contribution in [2.75, 3.05) is 18.5 Å². The van der Waals surface area contributed by atoms with Crippen molar-refractivity contribution in [3.8, 4) is 0 Å². The first-order valence-electron chi connectivity index (χ1n) is 9.34. The Labute approximate surface area is 154 Å². The fourth-order valence-electron chi connectivity index (χ4n) is 3.49. The average molecular weight is 347 g/mol. The summed E-state index contributed by atoms with van der Waals surface area (Å²) in [6.45, 7) is 3.35. The second-order valence-electron chi connectivity index (χ2n) is 6.90. The topological polar surface area (TPSA) is 39.1 Å². The molecule has 0 spiro atoms. The molecule has 2 aromatic carbocycles. The van der Waals surface area contributed by atoms with E-state index in [2.05, 4.69) is 65.1 Å². The molecule has 0 bridgehead atoms. The molecule has 26 heavy (non-hydrogen) atoms. The molecule has 1 fully saturated rings. The number of ether oxygens (including phenoxy) is 1. The van der Waals surface area contributed by atoms with E-state index in [1.165, 1.54) is 22.4 Å². The van der Waals surface area contributed by atoms with Gasteiger partial charge in [0.25, 0.3) is 0 Å². The van der Waals surface area contributed by atoms with Crippen LogP contribution in [0.5, 0.6) is 0 Å². The highest BCUT2D eigenvalue weighted by Crippen LogP contribution is 2.28. The zero-order chi connectivity index (χ0) is 17.6. The summed E-state index contributed by atoms with van der Waals surface area (Å²) in [5.41, 5.74) is 5.04. The molecular formula is C22H25N3O. The Kier molecular flexibility index (Phi) is 5.31. The summed E-state index contributed by atoms with van der Waals surface area (Å²) < 4.78 is 7.47. The quantitative estimate of drug-likeness (QED) is 0.716. The van der Waals surface area contributed by atoms with Crippen LogP contribution in [0.2, 0.25) is 0 Å². The van der Waals surface area contributed by atoms with Gasteiger partial charge in [0.2, 0.25) is 0 Å². The van der Waals surface area contributed by atoms with Crippen LogP contribution in [0.3, 0.4) is 0 Å². The maximum atomic E-state index is 5.48. The third-order valence-corrected chi connectivity index (χ3v) is 4.95. The van der Waals surface area contributed by atoms with Crippen molar-refractivity contribution in [3.63, 3.8) is 0 Å². The molecule has 1 aliphatic rings. The van der Waals surface area contributed by atoms with E-state index in [-0.39, 0.29) is 0 Å². The number of nitrogens with zero attached hydrogens (tertiary/aromatic N) is 2. The second kappa shape index (κ2) is 8.19. The van der Waals surface area contributed by atoms with Gasteiger partial charge in [0.15, 0.2) is 0 Å². The number of anilines is 1. The predicted molar refractivity (Wildman–Crippen MR) is 104 cm³/mol. The first kappa shape index (κ1) is 16.9. The summed E-state index contributed by atoms with van der Waals surface area (Å²) in [6, 6.07) is 19.2. The molecule has 0 saturated carbocycles. The van der Waals surface area contributed by atoms with Crippen LogP contribution in [0.15, 0.2) is 67.0 Å². The molecule has 4 nitrogen and oxygen atoms in total. The van der Waals surface area contributed by atoms with Gasteiger partial charge in [-0.25, -0.2) is 0 Å². The Hall–Kier alpha value is -2.59. The van der Waals surface area contributed by atoms with E-state index in [1.807, 2.05) is 16.9 Å². The first-order chi connectivity index (χ1) is 12.9. The van der Waals surface area contributed by atoms with Crippen LogP contribution in [0, 0.1) is 0 Å². The summed E-state index contributed by atoms with van der Waals surface area (Å²) in [5, 5.41) is 8.01. The molecule has 0 amide bonds.